The minimum atomic E-state index is -0.342. The number of benzene rings is 1. The number of piperazine rings is 1. The van der Waals surface area contributed by atoms with Crippen molar-refractivity contribution < 1.29 is 14.4 Å². The van der Waals surface area contributed by atoms with Gasteiger partial charge in [0.05, 0.1) is 16.6 Å². The molecule has 0 aliphatic carbocycles. The lowest BCUT2D eigenvalue weighted by Crippen LogP contribution is -2.45. The van der Waals surface area contributed by atoms with Gasteiger partial charge >= 0.3 is 0 Å². The number of fused-ring (bicyclic) bond motifs is 1. The molecule has 1 atom stereocenters. The lowest BCUT2D eigenvalue weighted by atomic mass is 9.96. The molecule has 2 aliphatic rings. The van der Waals surface area contributed by atoms with Gasteiger partial charge in [-0.1, -0.05) is 5.57 Å². The van der Waals surface area contributed by atoms with E-state index in [-0.39, 0.29) is 23.4 Å². The van der Waals surface area contributed by atoms with Crippen molar-refractivity contribution in [3.63, 3.8) is 0 Å². The van der Waals surface area contributed by atoms with Crippen molar-refractivity contribution in [2.75, 3.05) is 33.0 Å². The molecule has 0 aromatic heterocycles. The maximum Gasteiger partial charge on any atom is 0.278 e. The zero-order valence-electron chi connectivity index (χ0n) is 13.2. The number of hydrogen-bond acceptors (Lipinski definition) is 6. The lowest BCUT2D eigenvalue weighted by molar-refractivity contribution is -0.386. The van der Waals surface area contributed by atoms with E-state index in [1.54, 1.807) is 6.07 Å². The monoisotopic (exact) mass is 319 g/mol. The second-order valence-electron chi connectivity index (χ2n) is 5.98. The first kappa shape index (κ1) is 15.8. The molecule has 7 heteroatoms. The normalized spacial score (nSPS) is 18.7. The molecular formula is C16H21N3O4. The van der Waals surface area contributed by atoms with Crippen LogP contribution in [0.5, 0.6) is 11.5 Å². The molecule has 0 saturated carbocycles. The Bertz CT molecular complexity index is 626. The van der Waals surface area contributed by atoms with Crippen molar-refractivity contribution in [3.05, 3.63) is 40.0 Å². The van der Waals surface area contributed by atoms with Crippen LogP contribution < -0.4 is 14.8 Å². The molecular weight excluding hydrogens is 298 g/mol. The molecule has 2 heterocycles. The minimum Gasteiger partial charge on any atom is -0.454 e. The molecule has 2 aliphatic heterocycles. The van der Waals surface area contributed by atoms with E-state index in [2.05, 4.69) is 16.8 Å². The maximum atomic E-state index is 11.6. The Morgan fingerprint density at radius 3 is 2.65 bits per heavy atom. The first-order valence-electron chi connectivity index (χ1n) is 7.73. The molecule has 1 fully saturated rings. The van der Waals surface area contributed by atoms with Crippen LogP contribution in [0.25, 0.3) is 0 Å². The highest BCUT2D eigenvalue weighted by Gasteiger charge is 2.31. The van der Waals surface area contributed by atoms with Crippen molar-refractivity contribution in [1.82, 2.24) is 10.2 Å². The molecule has 1 aromatic carbocycles. The second kappa shape index (κ2) is 6.55. The Morgan fingerprint density at radius 2 is 2.04 bits per heavy atom. The van der Waals surface area contributed by atoms with Gasteiger partial charge in [-0.15, -0.1) is 6.58 Å². The van der Waals surface area contributed by atoms with E-state index in [4.69, 9.17) is 9.47 Å². The number of rotatable bonds is 5. The average Bonchev–Trinajstić information content (AvgIpc) is 2.99. The van der Waals surface area contributed by atoms with Crippen LogP contribution >= 0.6 is 0 Å². The maximum absolute atomic E-state index is 11.6. The number of ether oxygens (including phenoxy) is 2. The van der Waals surface area contributed by atoms with Gasteiger partial charge in [0, 0.05) is 32.2 Å². The topological polar surface area (TPSA) is 76.9 Å². The number of nitro groups is 1. The summed E-state index contributed by atoms with van der Waals surface area (Å²) < 4.78 is 10.7. The molecule has 0 amide bonds. The van der Waals surface area contributed by atoms with Crippen LogP contribution in [-0.2, 0) is 0 Å². The zero-order valence-corrected chi connectivity index (χ0v) is 13.2. The molecule has 3 rings (SSSR count). The van der Waals surface area contributed by atoms with Gasteiger partial charge in [-0.05, 0) is 19.4 Å². The quantitative estimate of drug-likeness (QED) is 0.509. The van der Waals surface area contributed by atoms with E-state index in [1.165, 1.54) is 6.07 Å². The summed E-state index contributed by atoms with van der Waals surface area (Å²) in [5.41, 5.74) is 1.75. The average molecular weight is 319 g/mol. The highest BCUT2D eigenvalue weighted by Crippen LogP contribution is 2.43. The van der Waals surface area contributed by atoms with Crippen LogP contribution in [-0.4, -0.2) is 42.8 Å². The standard InChI is InChI=1S/C16H21N3O4/c1-11(2)7-13(18-5-3-17-4-6-18)12-8-15-16(23-10-22-15)9-14(12)19(20)21/h8-9,13,17H,1,3-7,10H2,2H3/t13-/m1/s1. The van der Waals surface area contributed by atoms with Crippen molar-refractivity contribution >= 4 is 5.69 Å². The van der Waals surface area contributed by atoms with E-state index in [0.717, 1.165) is 31.8 Å². The summed E-state index contributed by atoms with van der Waals surface area (Å²) in [7, 11) is 0. The first-order chi connectivity index (χ1) is 11.1. The van der Waals surface area contributed by atoms with E-state index >= 15 is 0 Å². The van der Waals surface area contributed by atoms with Gasteiger partial charge in [-0.25, -0.2) is 0 Å². The summed E-state index contributed by atoms with van der Waals surface area (Å²) in [6.45, 7) is 9.51. The second-order valence-corrected chi connectivity index (χ2v) is 5.98. The molecule has 1 aromatic rings. The summed E-state index contributed by atoms with van der Waals surface area (Å²) in [5.74, 6) is 1.02. The first-order valence-corrected chi connectivity index (χ1v) is 7.73. The van der Waals surface area contributed by atoms with E-state index < -0.39 is 0 Å². The molecule has 0 radical (unpaired) electrons. The Morgan fingerprint density at radius 1 is 1.39 bits per heavy atom. The van der Waals surface area contributed by atoms with Gasteiger partial charge in [-0.2, -0.15) is 0 Å². The van der Waals surface area contributed by atoms with E-state index in [9.17, 15) is 10.1 Å². The van der Waals surface area contributed by atoms with Crippen molar-refractivity contribution in [2.45, 2.75) is 19.4 Å². The largest absolute Gasteiger partial charge is 0.454 e. The fraction of sp³-hybridized carbons (Fsp3) is 0.500. The fourth-order valence-corrected chi connectivity index (χ4v) is 3.13. The molecule has 124 valence electrons. The van der Waals surface area contributed by atoms with Crippen LogP contribution in [0.4, 0.5) is 5.69 Å². The Labute approximate surface area is 135 Å². The highest BCUT2D eigenvalue weighted by molar-refractivity contribution is 5.56. The molecule has 0 spiro atoms. The Balaban J connectivity index is 2.03. The number of nitrogens with zero attached hydrogens (tertiary/aromatic N) is 2. The summed E-state index contributed by atoms with van der Waals surface area (Å²) >= 11 is 0. The van der Waals surface area contributed by atoms with Gasteiger partial charge in [0.15, 0.2) is 11.5 Å². The SMILES string of the molecule is C=C(C)C[C@H](c1cc2c(cc1[N+](=O)[O-])OCO2)N1CCNCC1. The van der Waals surface area contributed by atoms with E-state index in [1.807, 2.05) is 6.92 Å². The third-order valence-corrected chi connectivity index (χ3v) is 4.21. The van der Waals surface area contributed by atoms with Gasteiger partial charge in [0.2, 0.25) is 6.79 Å². The van der Waals surface area contributed by atoms with Crippen LogP contribution in [0.2, 0.25) is 0 Å². The smallest absolute Gasteiger partial charge is 0.278 e. The van der Waals surface area contributed by atoms with Crippen LogP contribution in [0.1, 0.15) is 24.9 Å². The molecule has 1 N–H and O–H groups in total. The highest BCUT2D eigenvalue weighted by atomic mass is 16.7. The third kappa shape index (κ3) is 3.30. The molecule has 7 nitrogen and oxygen atoms in total. The van der Waals surface area contributed by atoms with Gasteiger partial charge in [-0.3, -0.25) is 15.0 Å². The zero-order chi connectivity index (χ0) is 16.4. The third-order valence-electron chi connectivity index (χ3n) is 4.21. The Hall–Kier alpha value is -2.12. The number of nitro benzene ring substituents is 1. The van der Waals surface area contributed by atoms with Gasteiger partial charge < -0.3 is 14.8 Å². The van der Waals surface area contributed by atoms with Gasteiger partial charge in [0.1, 0.15) is 0 Å². The van der Waals surface area contributed by atoms with Crippen LogP contribution in [0, 0.1) is 10.1 Å². The number of hydrogen-bond donors (Lipinski definition) is 1. The summed E-state index contributed by atoms with van der Waals surface area (Å²) in [6, 6.07) is 3.16. The predicted molar refractivity (Wildman–Crippen MR) is 85.8 cm³/mol. The minimum absolute atomic E-state index is 0.0792. The Kier molecular flexibility index (Phi) is 4.49. The van der Waals surface area contributed by atoms with Crippen LogP contribution in [0.3, 0.4) is 0 Å². The van der Waals surface area contributed by atoms with Crippen LogP contribution in [0.15, 0.2) is 24.3 Å². The summed E-state index contributed by atoms with van der Waals surface area (Å²) in [5, 5.41) is 14.9. The molecule has 0 unspecified atom stereocenters. The predicted octanol–water partition coefficient (Wildman–Crippen LogP) is 2.24. The molecule has 0 bridgehead atoms. The van der Waals surface area contributed by atoms with Crippen molar-refractivity contribution in [2.24, 2.45) is 0 Å². The fourth-order valence-electron chi connectivity index (χ4n) is 3.13. The van der Waals surface area contributed by atoms with Crippen molar-refractivity contribution in [3.8, 4) is 11.5 Å². The summed E-state index contributed by atoms with van der Waals surface area (Å²) in [4.78, 5) is 13.5. The summed E-state index contributed by atoms with van der Waals surface area (Å²) in [6.07, 6.45) is 0.681. The molecule has 1 saturated heterocycles. The lowest BCUT2D eigenvalue weighted by Gasteiger charge is -2.35. The number of nitrogens with one attached hydrogen (secondary N) is 1. The van der Waals surface area contributed by atoms with Crippen molar-refractivity contribution in [1.29, 1.82) is 0 Å². The van der Waals surface area contributed by atoms with E-state index in [0.29, 0.717) is 23.5 Å². The molecule has 23 heavy (non-hydrogen) atoms. The van der Waals surface area contributed by atoms with Gasteiger partial charge in [0.25, 0.3) is 5.69 Å².